The zero-order valence-corrected chi connectivity index (χ0v) is 14.9. The fraction of sp³-hybridized carbons (Fsp3) is 0.700. The molecule has 3 rings (SSSR count). The second kappa shape index (κ2) is 7.36. The van der Waals surface area contributed by atoms with Gasteiger partial charge in [-0.2, -0.15) is 0 Å². The van der Waals surface area contributed by atoms with Crippen LogP contribution in [0.2, 0.25) is 5.02 Å². The molecule has 2 aliphatic rings. The lowest BCUT2D eigenvalue weighted by Gasteiger charge is -2.43. The average molecular weight is 320 g/mol. The molecule has 2 heteroatoms. The van der Waals surface area contributed by atoms with Gasteiger partial charge in [-0.25, -0.2) is 0 Å². The van der Waals surface area contributed by atoms with E-state index in [0.29, 0.717) is 0 Å². The zero-order chi connectivity index (χ0) is 15.5. The van der Waals surface area contributed by atoms with Gasteiger partial charge in [-0.05, 0) is 62.3 Å². The highest BCUT2D eigenvalue weighted by atomic mass is 35.5. The summed E-state index contributed by atoms with van der Waals surface area (Å²) in [5.74, 6) is 1.58. The summed E-state index contributed by atoms with van der Waals surface area (Å²) in [6, 6.07) is 10.3. The minimum atomic E-state index is 0.743. The predicted octanol–water partition coefficient (Wildman–Crippen LogP) is 5.88. The maximum atomic E-state index is 6.09. The second-order valence-corrected chi connectivity index (χ2v) is 7.81. The highest BCUT2D eigenvalue weighted by molar-refractivity contribution is 6.30. The highest BCUT2D eigenvalue weighted by Gasteiger charge is 2.45. The van der Waals surface area contributed by atoms with Gasteiger partial charge in [0.25, 0.3) is 0 Å². The van der Waals surface area contributed by atoms with Crippen LogP contribution >= 0.6 is 11.6 Å². The number of nitrogens with zero attached hydrogens (tertiary/aromatic N) is 1. The lowest BCUT2D eigenvalue weighted by Crippen LogP contribution is -2.45. The molecule has 0 aromatic heterocycles. The summed E-state index contributed by atoms with van der Waals surface area (Å²) in [7, 11) is 2.36. The zero-order valence-electron chi connectivity index (χ0n) is 14.1. The van der Waals surface area contributed by atoms with Gasteiger partial charge in [-0.3, -0.25) is 0 Å². The van der Waals surface area contributed by atoms with E-state index >= 15 is 0 Å². The number of halogens is 1. The Morgan fingerprint density at radius 3 is 2.59 bits per heavy atom. The van der Waals surface area contributed by atoms with Crippen molar-refractivity contribution in [3.8, 4) is 0 Å². The van der Waals surface area contributed by atoms with Crippen molar-refractivity contribution in [2.24, 2.45) is 5.92 Å². The molecule has 1 aromatic rings. The molecule has 0 amide bonds. The minimum absolute atomic E-state index is 0.743. The first kappa shape index (κ1) is 16.3. The van der Waals surface area contributed by atoms with Crippen LogP contribution in [0.15, 0.2) is 24.3 Å². The van der Waals surface area contributed by atoms with Gasteiger partial charge in [0.1, 0.15) is 0 Å². The molecule has 122 valence electrons. The Balaban J connectivity index is 1.75. The molecule has 22 heavy (non-hydrogen) atoms. The maximum Gasteiger partial charge on any atom is 0.0406 e. The number of fused-ring (bicyclic) bond motifs is 2. The van der Waals surface area contributed by atoms with E-state index in [9.17, 15) is 0 Å². The summed E-state index contributed by atoms with van der Waals surface area (Å²) < 4.78 is 0. The van der Waals surface area contributed by atoms with Gasteiger partial charge in [-0.15, -0.1) is 0 Å². The van der Waals surface area contributed by atoms with Crippen molar-refractivity contribution >= 4 is 11.6 Å². The van der Waals surface area contributed by atoms with Gasteiger partial charge in [0.2, 0.25) is 0 Å². The molecule has 1 aromatic carbocycles. The van der Waals surface area contributed by atoms with Crippen molar-refractivity contribution in [3.05, 3.63) is 34.9 Å². The van der Waals surface area contributed by atoms with Gasteiger partial charge < -0.3 is 4.90 Å². The SMILES string of the molecule is CCCCCC[C@@H]1C2CCC(C[C@@H]1c1ccc(Cl)cc1)N2C. The topological polar surface area (TPSA) is 3.24 Å². The molecule has 0 radical (unpaired) electrons. The van der Waals surface area contributed by atoms with Crippen LogP contribution in [0.3, 0.4) is 0 Å². The second-order valence-electron chi connectivity index (χ2n) is 7.37. The lowest BCUT2D eigenvalue weighted by atomic mass is 9.74. The third-order valence-electron chi connectivity index (χ3n) is 6.12. The molecule has 0 saturated carbocycles. The molecule has 2 heterocycles. The summed E-state index contributed by atoms with van der Waals surface area (Å²) in [6.45, 7) is 2.30. The Kier molecular flexibility index (Phi) is 5.46. The van der Waals surface area contributed by atoms with E-state index < -0.39 is 0 Å². The maximum absolute atomic E-state index is 6.09. The number of piperidine rings is 1. The number of unbranched alkanes of at least 4 members (excludes halogenated alkanes) is 3. The van der Waals surface area contributed by atoms with E-state index in [4.69, 9.17) is 11.6 Å². The van der Waals surface area contributed by atoms with Crippen LogP contribution in [-0.4, -0.2) is 24.0 Å². The minimum Gasteiger partial charge on any atom is -0.300 e. The number of hydrogen-bond donors (Lipinski definition) is 0. The fourth-order valence-electron chi connectivity index (χ4n) is 4.87. The van der Waals surface area contributed by atoms with E-state index in [-0.39, 0.29) is 0 Å². The number of hydrogen-bond acceptors (Lipinski definition) is 1. The quantitative estimate of drug-likeness (QED) is 0.592. The molecule has 1 nitrogen and oxygen atoms in total. The summed E-state index contributed by atoms with van der Waals surface area (Å²) in [4.78, 5) is 2.69. The molecular formula is C20H30ClN. The van der Waals surface area contributed by atoms with Crippen molar-refractivity contribution in [1.82, 2.24) is 4.90 Å². The third-order valence-corrected chi connectivity index (χ3v) is 6.37. The Labute approximate surface area is 141 Å². The number of benzene rings is 1. The Hall–Kier alpha value is -0.530. The molecule has 0 N–H and O–H groups in total. The first-order chi connectivity index (χ1) is 10.7. The number of rotatable bonds is 6. The van der Waals surface area contributed by atoms with Crippen molar-refractivity contribution in [3.63, 3.8) is 0 Å². The smallest absolute Gasteiger partial charge is 0.0406 e. The fourth-order valence-corrected chi connectivity index (χ4v) is 5.00. The summed E-state index contributed by atoms with van der Waals surface area (Å²) >= 11 is 6.09. The van der Waals surface area contributed by atoms with Crippen molar-refractivity contribution in [2.45, 2.75) is 76.3 Å². The summed E-state index contributed by atoms with van der Waals surface area (Å²) in [5.41, 5.74) is 1.52. The van der Waals surface area contributed by atoms with Gasteiger partial charge in [-0.1, -0.05) is 56.3 Å². The van der Waals surface area contributed by atoms with Crippen LogP contribution in [0.5, 0.6) is 0 Å². The van der Waals surface area contributed by atoms with Crippen molar-refractivity contribution < 1.29 is 0 Å². The molecule has 4 atom stereocenters. The van der Waals surface area contributed by atoms with Crippen LogP contribution in [0.25, 0.3) is 0 Å². The summed E-state index contributed by atoms with van der Waals surface area (Å²) in [6.07, 6.45) is 11.1. The van der Waals surface area contributed by atoms with Gasteiger partial charge in [0.15, 0.2) is 0 Å². The van der Waals surface area contributed by atoms with Gasteiger partial charge >= 0.3 is 0 Å². The van der Waals surface area contributed by atoms with Crippen molar-refractivity contribution in [2.75, 3.05) is 7.05 Å². The third kappa shape index (κ3) is 3.36. The summed E-state index contributed by atoms with van der Waals surface area (Å²) in [5, 5.41) is 0.860. The van der Waals surface area contributed by atoms with E-state index in [1.54, 1.807) is 0 Å². The normalized spacial score (nSPS) is 31.6. The molecule has 2 unspecified atom stereocenters. The molecule has 2 fully saturated rings. The van der Waals surface area contributed by atoms with E-state index in [2.05, 4.69) is 43.1 Å². The molecule has 2 aliphatic heterocycles. The average Bonchev–Trinajstić information content (AvgIpc) is 2.77. The Morgan fingerprint density at radius 1 is 1.09 bits per heavy atom. The Bertz CT molecular complexity index is 469. The first-order valence-electron chi connectivity index (χ1n) is 9.18. The largest absolute Gasteiger partial charge is 0.300 e. The monoisotopic (exact) mass is 319 g/mol. The van der Waals surface area contributed by atoms with Crippen LogP contribution < -0.4 is 0 Å². The lowest BCUT2D eigenvalue weighted by molar-refractivity contribution is 0.0928. The van der Waals surface area contributed by atoms with E-state index in [1.807, 2.05) is 0 Å². The van der Waals surface area contributed by atoms with Gasteiger partial charge in [0.05, 0.1) is 0 Å². The van der Waals surface area contributed by atoms with Crippen LogP contribution in [0.4, 0.5) is 0 Å². The predicted molar refractivity (Wildman–Crippen MR) is 95.6 cm³/mol. The van der Waals surface area contributed by atoms with Crippen LogP contribution in [0, 0.1) is 5.92 Å². The first-order valence-corrected chi connectivity index (χ1v) is 9.56. The Morgan fingerprint density at radius 2 is 1.86 bits per heavy atom. The standard InChI is InChI=1S/C20H30ClN/c1-3-4-5-6-7-18-19(15-8-10-16(21)11-9-15)14-17-12-13-20(18)22(17)2/h8-11,17-20H,3-7,12-14H2,1-2H3/t17?,18-,19+,20?/m0/s1. The van der Waals surface area contributed by atoms with Crippen molar-refractivity contribution in [1.29, 1.82) is 0 Å². The van der Waals surface area contributed by atoms with Gasteiger partial charge in [0, 0.05) is 17.1 Å². The molecule has 0 aliphatic carbocycles. The molecule has 2 bridgehead atoms. The molecular weight excluding hydrogens is 290 g/mol. The van der Waals surface area contributed by atoms with E-state index in [1.165, 1.54) is 56.9 Å². The molecule has 2 saturated heterocycles. The molecule has 0 spiro atoms. The van der Waals surface area contributed by atoms with E-state index in [0.717, 1.165) is 28.9 Å². The highest BCUT2D eigenvalue weighted by Crippen LogP contribution is 2.48. The van der Waals surface area contributed by atoms with Crippen LogP contribution in [-0.2, 0) is 0 Å². The van der Waals surface area contributed by atoms with Crippen LogP contribution in [0.1, 0.15) is 69.8 Å².